The summed E-state index contributed by atoms with van der Waals surface area (Å²) in [6.07, 6.45) is -66.0. The van der Waals surface area contributed by atoms with Gasteiger partial charge in [0.05, 0.1) is 50.2 Å². The Kier molecular flexibility index (Phi) is 27.6. The highest BCUT2D eigenvalue weighted by atomic mass is 35.7. The van der Waals surface area contributed by atoms with E-state index < -0.39 is 171 Å². The van der Waals surface area contributed by atoms with Crippen LogP contribution in [-0.4, -0.2) is 142 Å². The predicted octanol–water partition coefficient (Wildman–Crippen LogP) is 11.2. The Bertz CT molecular complexity index is 1820. The van der Waals surface area contributed by atoms with Crippen LogP contribution in [-0.2, 0) is 48.0 Å². The Morgan fingerprint density at radius 1 is 0.535 bits per heavy atom. The van der Waals surface area contributed by atoms with Crippen LogP contribution in [0.2, 0.25) is 0 Å². The molecule has 0 radical (unpaired) electrons. The molecule has 0 aromatic rings. The number of esters is 2. The fourth-order valence-electron chi connectivity index (χ4n) is 5.26. The summed E-state index contributed by atoms with van der Waals surface area (Å²) >= 11 is 4.04. The van der Waals surface area contributed by atoms with Crippen LogP contribution in [0.25, 0.3) is 0 Å². The van der Waals surface area contributed by atoms with Crippen molar-refractivity contribution < 1.29 is 146 Å². The molecule has 0 aromatic heterocycles. The van der Waals surface area contributed by atoms with Crippen LogP contribution >= 0.6 is 10.7 Å². The number of methoxy groups -OCH3 is 2. The Hall–Kier alpha value is -2.35. The standard InChI is InChI=1S/C16H20F13NO4S.C11H10ClF13OS2.C5H11NO2/c1-3-30(8-11(31)34-2)35(32,33)5-4-9(13(18,19)20)6-10(14(21,22)23)7-12(17,15(24,25)26)16(27,28)29;12-28(26,27)2-1-5(8(14,15)16)3-6(9(17,18)19)4-7(13,10(20,21)22)11(23,24)25;1-3-6-4-5(7)8-2/h9-10H,3-8H2,1-2H3;5-6H,1-4H2;6H,3-4H2,1-2H3. The van der Waals surface area contributed by atoms with Crippen molar-refractivity contribution in [2.24, 2.45) is 23.7 Å². The lowest BCUT2D eigenvalue weighted by molar-refractivity contribution is -0.354. The molecule has 0 aliphatic heterocycles. The third-order valence-corrected chi connectivity index (χ3v) is 12.9. The summed E-state index contributed by atoms with van der Waals surface area (Å²) in [5.41, 5.74) is -12.9. The van der Waals surface area contributed by atoms with E-state index in [2.05, 4.69) is 26.0 Å². The normalized spacial score (nSPS) is 16.6. The Morgan fingerprint density at radius 2 is 0.831 bits per heavy atom. The smallest absolute Gasteiger partial charge is 0.431 e. The summed E-state index contributed by atoms with van der Waals surface area (Å²) in [4.78, 5) is 21.5. The third kappa shape index (κ3) is 25.2. The van der Waals surface area contributed by atoms with Gasteiger partial charge in [0, 0.05) is 25.1 Å². The van der Waals surface area contributed by atoms with Crippen molar-refractivity contribution in [2.75, 3.05) is 51.9 Å². The van der Waals surface area contributed by atoms with Gasteiger partial charge in [-0.2, -0.15) is 110 Å². The summed E-state index contributed by atoms with van der Waals surface area (Å²) in [6, 6.07) is 0. The molecule has 428 valence electrons. The fourth-order valence-corrected chi connectivity index (χ4v) is 7.92. The Morgan fingerprint density at radius 3 is 1.06 bits per heavy atom. The van der Waals surface area contributed by atoms with Crippen LogP contribution in [0, 0.1) is 23.7 Å². The molecule has 5 atom stereocenters. The molecule has 0 spiro atoms. The van der Waals surface area contributed by atoms with Gasteiger partial charge < -0.3 is 14.8 Å². The quantitative estimate of drug-likeness (QED) is 0.0681. The first-order valence-electron chi connectivity index (χ1n) is 18.7. The van der Waals surface area contributed by atoms with Gasteiger partial charge in [0.1, 0.15) is 14.3 Å². The Balaban J connectivity index is -0.00000114. The van der Waals surface area contributed by atoms with Gasteiger partial charge in [-0.05, 0) is 54.1 Å². The van der Waals surface area contributed by atoms with Crippen LogP contribution in [0.15, 0.2) is 0 Å². The van der Waals surface area contributed by atoms with Gasteiger partial charge in [-0.15, -0.1) is 0 Å². The molecule has 0 saturated carbocycles. The summed E-state index contributed by atoms with van der Waals surface area (Å²) < 4.78 is 379. The number of likely N-dealkylation sites (N-methyl/N-ethyl adjacent to an activating group) is 2. The fraction of sp³-hybridized carbons (Fsp3) is 0.938. The molecule has 39 heteroatoms. The van der Waals surface area contributed by atoms with Crippen molar-refractivity contribution in [3.63, 3.8) is 0 Å². The number of nitrogens with one attached hydrogen (secondary N) is 1. The molecule has 0 aromatic carbocycles. The number of nitrogens with zero attached hydrogens (tertiary/aromatic N) is 1. The van der Waals surface area contributed by atoms with Gasteiger partial charge in [0.15, 0.2) is 0 Å². The lowest BCUT2D eigenvalue weighted by Gasteiger charge is -2.35. The minimum absolute atomic E-state index is 0.216. The molecule has 0 amide bonds. The van der Waals surface area contributed by atoms with E-state index in [1.54, 1.807) is 0 Å². The molecule has 0 fully saturated rings. The number of hydrogen-bond acceptors (Lipinski definition) is 9. The highest BCUT2D eigenvalue weighted by molar-refractivity contribution is 8.46. The molecule has 71 heavy (non-hydrogen) atoms. The molecule has 9 nitrogen and oxygen atoms in total. The summed E-state index contributed by atoms with van der Waals surface area (Å²) in [7, 11) is -1.42. The minimum Gasteiger partial charge on any atom is -0.468 e. The maximum Gasteiger partial charge on any atom is 0.431 e. The molecule has 0 heterocycles. The highest BCUT2D eigenvalue weighted by Crippen LogP contribution is 2.55. The van der Waals surface area contributed by atoms with Gasteiger partial charge in [0.2, 0.25) is 10.0 Å². The number of hydrogen-bond donors (Lipinski definition) is 1. The number of alkyl halides is 26. The van der Waals surface area contributed by atoms with E-state index in [1.807, 2.05) is 6.92 Å². The zero-order valence-corrected chi connectivity index (χ0v) is 39.2. The van der Waals surface area contributed by atoms with Crippen molar-refractivity contribution in [2.45, 2.75) is 113 Å². The highest BCUT2D eigenvalue weighted by Gasteiger charge is 2.75. The van der Waals surface area contributed by atoms with E-state index >= 15 is 0 Å². The van der Waals surface area contributed by atoms with Crippen LogP contribution in [0.1, 0.15) is 52.4 Å². The van der Waals surface area contributed by atoms with Gasteiger partial charge >= 0.3 is 61.3 Å². The first-order valence-corrected chi connectivity index (χ1v) is 23.8. The number of sulfonamides is 1. The second-order valence-electron chi connectivity index (χ2n) is 14.4. The topological polar surface area (TPSA) is 119 Å². The monoisotopic (exact) mass is 1190 g/mol. The van der Waals surface area contributed by atoms with Crippen LogP contribution in [0.3, 0.4) is 0 Å². The van der Waals surface area contributed by atoms with E-state index in [9.17, 15) is 136 Å². The zero-order chi connectivity index (χ0) is 57.6. The number of carbonyl (C=O) groups is 2. The number of ether oxygens (including phenoxy) is 2. The van der Waals surface area contributed by atoms with Crippen molar-refractivity contribution in [3.05, 3.63) is 0 Å². The first-order chi connectivity index (χ1) is 31.1. The van der Waals surface area contributed by atoms with E-state index in [1.165, 1.54) is 7.11 Å². The van der Waals surface area contributed by atoms with Crippen molar-refractivity contribution >= 4 is 51.5 Å². The summed E-state index contributed by atoms with van der Waals surface area (Å²) in [6.45, 7) is 2.70. The molecule has 0 aliphatic carbocycles. The minimum atomic E-state index is -6.94. The second-order valence-corrected chi connectivity index (χ2v) is 21.7. The van der Waals surface area contributed by atoms with Gasteiger partial charge in [0.25, 0.3) is 11.3 Å². The van der Waals surface area contributed by atoms with E-state index in [0.717, 1.165) is 20.6 Å². The van der Waals surface area contributed by atoms with Gasteiger partial charge in [-0.25, -0.2) is 21.4 Å². The third-order valence-electron chi connectivity index (χ3n) is 9.30. The summed E-state index contributed by atoms with van der Waals surface area (Å²) in [5.74, 6) is -18.8. The average Bonchev–Trinajstić information content (AvgIpc) is 3.14. The predicted molar refractivity (Wildman–Crippen MR) is 198 cm³/mol. The lowest BCUT2D eigenvalue weighted by Crippen LogP contribution is -2.55. The lowest BCUT2D eigenvalue weighted by atomic mass is 9.83. The zero-order valence-electron chi connectivity index (χ0n) is 36.0. The molecule has 0 saturated heterocycles. The molecular weight excluding hydrogens is 1150 g/mol. The van der Waals surface area contributed by atoms with Crippen LogP contribution < -0.4 is 5.32 Å². The molecule has 0 bridgehead atoms. The van der Waals surface area contributed by atoms with E-state index in [0.29, 0.717) is 10.8 Å². The SMILES string of the molecule is CCN(CC(=O)OC)S(=O)(=O)CCC(CC(CC(F)(C(F)(F)F)C(F)(F)F)C(F)(F)F)C(F)(F)F.CCNCC(=O)OC.O=S(=S)(Cl)CCC(CC(CC(F)(C(F)(F)F)C(F)(F)F)C(F)(F)F)C(F)(F)F. The van der Waals surface area contributed by atoms with Crippen molar-refractivity contribution in [1.29, 1.82) is 0 Å². The van der Waals surface area contributed by atoms with Crippen molar-refractivity contribution in [3.8, 4) is 0 Å². The van der Waals surface area contributed by atoms with Crippen molar-refractivity contribution in [1.82, 2.24) is 9.62 Å². The molecule has 0 rings (SSSR count). The second kappa shape index (κ2) is 26.9. The molecule has 0 aliphatic rings. The van der Waals surface area contributed by atoms with Gasteiger partial charge in [-0.1, -0.05) is 13.8 Å². The maximum atomic E-state index is 13.8. The molecular formula is C32H41ClF26N2O7S3. The number of carbonyl (C=O) groups excluding carboxylic acids is 2. The Labute approximate surface area is 395 Å². The van der Waals surface area contributed by atoms with Crippen LogP contribution in [0.4, 0.5) is 114 Å². The average molecular weight is 1190 g/mol. The molecule has 5 unspecified atom stereocenters. The maximum absolute atomic E-state index is 13.8. The van der Waals surface area contributed by atoms with Gasteiger partial charge in [-0.3, -0.25) is 9.59 Å². The van der Waals surface area contributed by atoms with E-state index in [4.69, 9.17) is 10.7 Å². The number of halogens is 27. The van der Waals surface area contributed by atoms with E-state index in [-0.39, 0.29) is 5.97 Å². The largest absolute Gasteiger partial charge is 0.468 e. The summed E-state index contributed by atoms with van der Waals surface area (Å²) in [5, 5.41) is 2.82. The molecule has 1 N–H and O–H groups in total. The number of rotatable bonds is 21. The van der Waals surface area contributed by atoms with Crippen LogP contribution in [0.5, 0.6) is 0 Å². The first kappa shape index (κ1) is 72.9.